The number of hydrogen-bond donors (Lipinski definition) is 4. The Hall–Kier alpha value is -6.44. The summed E-state index contributed by atoms with van der Waals surface area (Å²) in [6.07, 6.45) is 0.142. The number of carbonyl (C=O) groups is 6. The molecule has 0 unspecified atom stereocenters. The Kier molecular flexibility index (Phi) is 16.3. The van der Waals surface area contributed by atoms with Crippen LogP contribution >= 0.6 is 0 Å². The molecule has 4 aromatic carbocycles. The first kappa shape index (κ1) is 47.6. The highest BCUT2D eigenvalue weighted by atomic mass is 16.6. The number of unbranched alkanes of at least 4 members (excludes halogenated alkanes) is 1. The zero-order valence-electron chi connectivity index (χ0n) is 37.2. The summed E-state index contributed by atoms with van der Waals surface area (Å²) >= 11 is 0. The van der Waals surface area contributed by atoms with Gasteiger partial charge in [-0.3, -0.25) is 9.59 Å². The number of fused-ring (bicyclic) bond motifs is 4. The van der Waals surface area contributed by atoms with Crippen molar-refractivity contribution in [3.8, 4) is 11.1 Å². The van der Waals surface area contributed by atoms with Gasteiger partial charge in [-0.1, -0.05) is 91.0 Å². The predicted molar refractivity (Wildman–Crippen MR) is 239 cm³/mol. The molecule has 3 atom stereocenters. The maximum Gasteiger partial charge on any atom is 0.407 e. The molecule has 1 aliphatic rings. The Morgan fingerprint density at radius 1 is 0.635 bits per heavy atom. The minimum atomic E-state index is -1.21. The number of nitrogens with one attached hydrogen (secondary N) is 4. The monoisotopic (exact) mass is 864 g/mol. The van der Waals surface area contributed by atoms with Crippen molar-refractivity contribution in [2.24, 2.45) is 0 Å². The zero-order chi connectivity index (χ0) is 45.7. The number of urea groups is 1. The molecule has 0 bridgehead atoms. The quantitative estimate of drug-likeness (QED) is 0.0451. The molecule has 336 valence electrons. The van der Waals surface area contributed by atoms with Crippen LogP contribution in [0.25, 0.3) is 21.9 Å². The first-order valence-corrected chi connectivity index (χ1v) is 21.4. The normalized spacial score (nSPS) is 13.6. The van der Waals surface area contributed by atoms with Gasteiger partial charge < -0.3 is 40.2 Å². The minimum absolute atomic E-state index is 0.0886. The zero-order valence-corrected chi connectivity index (χ0v) is 37.2. The molecule has 0 heterocycles. The molecule has 4 aromatic rings. The molecular weight excluding hydrogens is 805 g/mol. The van der Waals surface area contributed by atoms with Crippen molar-refractivity contribution < 1.29 is 47.7 Å². The molecule has 0 aliphatic heterocycles. The van der Waals surface area contributed by atoms with Crippen molar-refractivity contribution in [2.75, 3.05) is 20.3 Å². The van der Waals surface area contributed by atoms with Crippen LogP contribution in [0.4, 0.5) is 9.59 Å². The first-order valence-electron chi connectivity index (χ1n) is 21.4. The summed E-state index contributed by atoms with van der Waals surface area (Å²) < 4.78 is 21.6. The topological polar surface area (TPSA) is 187 Å². The number of alkyl carbamates (subject to hydrolysis) is 1. The Bertz CT molecular complexity index is 2220. The predicted octanol–water partition coefficient (Wildman–Crippen LogP) is 7.25. The van der Waals surface area contributed by atoms with E-state index in [1.807, 2.05) is 78.9 Å². The van der Waals surface area contributed by atoms with Gasteiger partial charge >= 0.3 is 30.0 Å². The van der Waals surface area contributed by atoms with Crippen LogP contribution in [0, 0.1) is 0 Å². The van der Waals surface area contributed by atoms with Crippen molar-refractivity contribution in [1.82, 2.24) is 21.3 Å². The number of hydrogen-bond acceptors (Lipinski definition) is 10. The molecule has 4 N–H and O–H groups in total. The number of rotatable bonds is 18. The van der Waals surface area contributed by atoms with E-state index >= 15 is 0 Å². The lowest BCUT2D eigenvalue weighted by molar-refractivity contribution is -0.158. The van der Waals surface area contributed by atoms with Gasteiger partial charge in [-0.2, -0.15) is 0 Å². The van der Waals surface area contributed by atoms with Crippen LogP contribution in [-0.2, 0) is 44.5 Å². The smallest absolute Gasteiger partial charge is 0.407 e. The highest BCUT2D eigenvalue weighted by Gasteiger charge is 2.32. The van der Waals surface area contributed by atoms with E-state index in [-0.39, 0.29) is 44.8 Å². The van der Waals surface area contributed by atoms with Crippen LogP contribution in [0.2, 0.25) is 0 Å². The van der Waals surface area contributed by atoms with E-state index < -0.39 is 65.3 Å². The summed E-state index contributed by atoms with van der Waals surface area (Å²) in [6.45, 7) is 10.5. The minimum Gasteiger partial charge on any atom is -0.467 e. The second-order valence-corrected chi connectivity index (χ2v) is 17.6. The number of ether oxygens (including phenoxy) is 4. The Balaban J connectivity index is 1.17. The van der Waals surface area contributed by atoms with Crippen molar-refractivity contribution in [1.29, 1.82) is 0 Å². The number of amides is 4. The van der Waals surface area contributed by atoms with Gasteiger partial charge in [-0.25, -0.2) is 19.2 Å². The van der Waals surface area contributed by atoms with Gasteiger partial charge in [-0.15, -0.1) is 0 Å². The molecular formula is C49H60N4O10. The lowest BCUT2D eigenvalue weighted by Gasteiger charge is -2.26. The van der Waals surface area contributed by atoms with Crippen LogP contribution in [-0.4, -0.2) is 85.5 Å². The van der Waals surface area contributed by atoms with Gasteiger partial charge in [-0.05, 0) is 106 Å². The lowest BCUT2D eigenvalue weighted by Crippen LogP contribution is -2.52. The Labute approximate surface area is 369 Å². The average Bonchev–Trinajstić information content (AvgIpc) is 3.55. The van der Waals surface area contributed by atoms with E-state index in [0.29, 0.717) is 12.8 Å². The van der Waals surface area contributed by atoms with E-state index in [1.165, 1.54) is 7.11 Å². The third kappa shape index (κ3) is 14.3. The van der Waals surface area contributed by atoms with Crippen LogP contribution in [0.5, 0.6) is 0 Å². The van der Waals surface area contributed by atoms with Gasteiger partial charge in [0.1, 0.15) is 35.9 Å². The first-order chi connectivity index (χ1) is 29.9. The van der Waals surface area contributed by atoms with Crippen LogP contribution in [0.1, 0.15) is 96.3 Å². The summed E-state index contributed by atoms with van der Waals surface area (Å²) in [7, 11) is 1.19. The Morgan fingerprint density at radius 2 is 1.22 bits per heavy atom. The van der Waals surface area contributed by atoms with Crippen molar-refractivity contribution in [3.05, 3.63) is 108 Å². The molecule has 0 saturated carbocycles. The molecule has 5 rings (SSSR count). The standard InChI is InChI=1S/C49H60N4O10/c1-48(2,3)62-42(54)26-25-40(45(57)63-49(4,5)6)52-46(58)51-39(44(56)60-7)22-14-15-27-50-43(55)41(29-31-23-24-32-16-8-9-17-33(32)28-31)53-47(59)61-30-38-36-20-12-10-18-34(36)35-19-11-13-21-37(35)38/h8-13,16-21,23-24,28,38-41H,14-15,22,25-27,29-30H2,1-7H3,(H,50,55)(H,53,59)(H2,51,52,58)/t39-,40-,41-/m0/s1. The third-order valence-electron chi connectivity index (χ3n) is 10.3. The fourth-order valence-electron chi connectivity index (χ4n) is 7.43. The summed E-state index contributed by atoms with van der Waals surface area (Å²) in [5.74, 6) is -2.58. The van der Waals surface area contributed by atoms with Crippen LogP contribution in [0.3, 0.4) is 0 Å². The van der Waals surface area contributed by atoms with Gasteiger partial charge in [0.25, 0.3) is 0 Å². The summed E-state index contributed by atoms with van der Waals surface area (Å²) in [5, 5.41) is 12.9. The number of methoxy groups -OCH3 is 1. The average molecular weight is 865 g/mol. The van der Waals surface area contributed by atoms with E-state index in [4.69, 9.17) is 18.9 Å². The number of benzene rings is 4. The van der Waals surface area contributed by atoms with E-state index in [9.17, 15) is 28.8 Å². The second-order valence-electron chi connectivity index (χ2n) is 17.6. The molecule has 0 aromatic heterocycles. The highest BCUT2D eigenvalue weighted by molar-refractivity contribution is 5.88. The van der Waals surface area contributed by atoms with Gasteiger partial charge in [0.15, 0.2) is 0 Å². The fraction of sp³-hybridized carbons (Fsp3) is 0.429. The summed E-state index contributed by atoms with van der Waals surface area (Å²) in [5.41, 5.74) is 3.59. The molecule has 14 heteroatoms. The number of carbonyl (C=O) groups excluding carboxylic acids is 6. The lowest BCUT2D eigenvalue weighted by atomic mass is 9.98. The maximum atomic E-state index is 13.8. The molecule has 0 saturated heterocycles. The number of esters is 3. The van der Waals surface area contributed by atoms with Gasteiger partial charge in [0, 0.05) is 25.3 Å². The Morgan fingerprint density at radius 3 is 1.84 bits per heavy atom. The highest BCUT2D eigenvalue weighted by Crippen LogP contribution is 2.44. The molecule has 63 heavy (non-hydrogen) atoms. The van der Waals surface area contributed by atoms with E-state index in [2.05, 4.69) is 33.4 Å². The van der Waals surface area contributed by atoms with E-state index in [1.54, 1.807) is 41.5 Å². The SMILES string of the molecule is COC(=O)[C@H](CCCCNC(=O)[C@H](Cc1ccc2ccccc2c1)NC(=O)OCC1c2ccccc2-c2ccccc21)NC(=O)N[C@@H](CCC(=O)OC(C)(C)C)C(=O)OC(C)(C)C. The molecule has 14 nitrogen and oxygen atoms in total. The molecule has 0 fully saturated rings. The van der Waals surface area contributed by atoms with Crippen molar-refractivity contribution >= 4 is 46.7 Å². The molecule has 0 radical (unpaired) electrons. The summed E-state index contributed by atoms with van der Waals surface area (Å²) in [4.78, 5) is 78.5. The second kappa shape index (κ2) is 21.6. The van der Waals surface area contributed by atoms with Crippen molar-refractivity contribution in [2.45, 2.75) is 115 Å². The summed E-state index contributed by atoms with van der Waals surface area (Å²) in [6, 6.07) is 25.7. The third-order valence-corrected chi connectivity index (χ3v) is 10.3. The largest absolute Gasteiger partial charge is 0.467 e. The fourth-order valence-corrected chi connectivity index (χ4v) is 7.43. The van der Waals surface area contributed by atoms with Gasteiger partial charge in [0.05, 0.1) is 7.11 Å². The molecule has 4 amide bonds. The van der Waals surface area contributed by atoms with Crippen LogP contribution < -0.4 is 21.3 Å². The molecule has 0 spiro atoms. The van der Waals surface area contributed by atoms with Crippen molar-refractivity contribution in [3.63, 3.8) is 0 Å². The maximum absolute atomic E-state index is 13.8. The van der Waals surface area contributed by atoms with E-state index in [0.717, 1.165) is 38.6 Å². The molecule has 1 aliphatic carbocycles. The van der Waals surface area contributed by atoms with Crippen LogP contribution in [0.15, 0.2) is 91.0 Å². The van der Waals surface area contributed by atoms with Gasteiger partial charge in [0.2, 0.25) is 5.91 Å².